The highest BCUT2D eigenvalue weighted by Gasteiger charge is 2.51. The van der Waals surface area contributed by atoms with Crippen molar-refractivity contribution in [2.45, 2.75) is 39.5 Å². The SMILES string of the molecule is CCOC(CC1C(C(C)=O)C(=O)N1c1ccc(OC)cc1)OCC. The number of ketones is 1. The third-order valence-corrected chi connectivity index (χ3v) is 4.15. The van der Waals surface area contributed by atoms with E-state index in [0.29, 0.717) is 25.4 Å². The number of rotatable bonds is 9. The van der Waals surface area contributed by atoms with E-state index >= 15 is 0 Å². The number of hydrogen-bond donors (Lipinski definition) is 0. The minimum Gasteiger partial charge on any atom is -0.497 e. The van der Waals surface area contributed by atoms with Crippen molar-refractivity contribution >= 4 is 17.4 Å². The average Bonchev–Trinajstić information content (AvgIpc) is 2.55. The van der Waals surface area contributed by atoms with E-state index in [1.54, 1.807) is 24.1 Å². The maximum absolute atomic E-state index is 12.5. The fourth-order valence-corrected chi connectivity index (χ4v) is 3.05. The van der Waals surface area contributed by atoms with Gasteiger partial charge in [0, 0.05) is 25.3 Å². The third-order valence-electron chi connectivity index (χ3n) is 4.15. The molecule has 1 aliphatic heterocycles. The van der Waals surface area contributed by atoms with Crippen LogP contribution in [-0.4, -0.2) is 44.3 Å². The van der Waals surface area contributed by atoms with Crippen LogP contribution in [0.3, 0.4) is 0 Å². The molecular formula is C18H25NO5. The minimum absolute atomic E-state index is 0.124. The van der Waals surface area contributed by atoms with Crippen molar-refractivity contribution < 1.29 is 23.8 Å². The van der Waals surface area contributed by atoms with Gasteiger partial charge in [-0.25, -0.2) is 0 Å². The molecule has 24 heavy (non-hydrogen) atoms. The van der Waals surface area contributed by atoms with Gasteiger partial charge in [0.25, 0.3) is 0 Å². The fourth-order valence-electron chi connectivity index (χ4n) is 3.05. The molecule has 1 heterocycles. The molecule has 0 aromatic heterocycles. The van der Waals surface area contributed by atoms with E-state index < -0.39 is 12.2 Å². The van der Waals surface area contributed by atoms with Crippen LogP contribution in [0.1, 0.15) is 27.2 Å². The zero-order valence-electron chi connectivity index (χ0n) is 14.7. The molecule has 1 amide bonds. The lowest BCUT2D eigenvalue weighted by Gasteiger charge is -2.47. The number of benzene rings is 1. The van der Waals surface area contributed by atoms with Gasteiger partial charge < -0.3 is 19.1 Å². The molecule has 1 aliphatic rings. The van der Waals surface area contributed by atoms with Crippen LogP contribution >= 0.6 is 0 Å². The van der Waals surface area contributed by atoms with Gasteiger partial charge in [-0.3, -0.25) is 9.59 Å². The van der Waals surface area contributed by atoms with E-state index in [-0.39, 0.29) is 17.7 Å². The highest BCUT2D eigenvalue weighted by molar-refractivity contribution is 6.15. The monoisotopic (exact) mass is 335 g/mol. The second-order valence-corrected chi connectivity index (χ2v) is 5.64. The van der Waals surface area contributed by atoms with E-state index in [2.05, 4.69) is 0 Å². The molecule has 0 N–H and O–H groups in total. The lowest BCUT2D eigenvalue weighted by atomic mass is 9.81. The molecule has 2 atom stereocenters. The van der Waals surface area contributed by atoms with Crippen LogP contribution in [0.4, 0.5) is 5.69 Å². The zero-order chi connectivity index (χ0) is 17.7. The quantitative estimate of drug-likeness (QED) is 0.394. The van der Waals surface area contributed by atoms with Crippen LogP contribution in [0.25, 0.3) is 0 Å². The van der Waals surface area contributed by atoms with Crippen molar-refractivity contribution in [1.29, 1.82) is 0 Å². The normalized spacial score (nSPS) is 20.2. The number of anilines is 1. The number of amides is 1. The Kier molecular flexibility index (Phi) is 6.34. The van der Waals surface area contributed by atoms with Crippen molar-refractivity contribution in [2.24, 2.45) is 5.92 Å². The summed E-state index contributed by atoms with van der Waals surface area (Å²) in [5.41, 5.74) is 0.745. The number of hydrogen-bond acceptors (Lipinski definition) is 5. The lowest BCUT2D eigenvalue weighted by molar-refractivity contribution is -0.155. The van der Waals surface area contributed by atoms with E-state index in [0.717, 1.165) is 5.69 Å². The Morgan fingerprint density at radius 3 is 2.21 bits per heavy atom. The Morgan fingerprint density at radius 1 is 1.17 bits per heavy atom. The first-order valence-electron chi connectivity index (χ1n) is 8.24. The summed E-state index contributed by atoms with van der Waals surface area (Å²) in [5.74, 6) is -0.214. The molecule has 0 spiro atoms. The van der Waals surface area contributed by atoms with E-state index in [9.17, 15) is 9.59 Å². The number of nitrogens with zero attached hydrogens (tertiary/aromatic N) is 1. The molecule has 6 heteroatoms. The molecule has 1 fully saturated rings. The summed E-state index contributed by atoms with van der Waals surface area (Å²) in [7, 11) is 1.59. The first kappa shape index (κ1) is 18.4. The summed E-state index contributed by atoms with van der Waals surface area (Å²) < 4.78 is 16.3. The summed E-state index contributed by atoms with van der Waals surface area (Å²) in [5, 5.41) is 0. The number of Topliss-reactive ketones (excluding diaryl/α,β-unsaturated/α-hetero) is 1. The molecule has 2 unspecified atom stereocenters. The number of β-lactam (4-membered cyclic amide) rings is 1. The van der Waals surface area contributed by atoms with Crippen LogP contribution in [-0.2, 0) is 19.1 Å². The van der Waals surface area contributed by atoms with E-state index in [1.165, 1.54) is 6.92 Å². The van der Waals surface area contributed by atoms with Crippen LogP contribution < -0.4 is 9.64 Å². The summed E-state index contributed by atoms with van der Waals surface area (Å²) >= 11 is 0. The van der Waals surface area contributed by atoms with Crippen molar-refractivity contribution in [3.63, 3.8) is 0 Å². The Morgan fingerprint density at radius 2 is 1.75 bits per heavy atom. The van der Waals surface area contributed by atoms with Gasteiger partial charge in [0.2, 0.25) is 5.91 Å². The van der Waals surface area contributed by atoms with Gasteiger partial charge in [-0.05, 0) is 45.0 Å². The van der Waals surface area contributed by atoms with Crippen LogP contribution in [0.2, 0.25) is 0 Å². The highest BCUT2D eigenvalue weighted by Crippen LogP contribution is 2.37. The third kappa shape index (κ3) is 3.76. The lowest BCUT2D eigenvalue weighted by Crippen LogP contribution is -2.64. The Balaban J connectivity index is 2.20. The van der Waals surface area contributed by atoms with E-state index in [4.69, 9.17) is 14.2 Å². The topological polar surface area (TPSA) is 65.1 Å². The Hall–Kier alpha value is -1.92. The first-order chi connectivity index (χ1) is 11.5. The van der Waals surface area contributed by atoms with Gasteiger partial charge in [-0.2, -0.15) is 0 Å². The molecule has 0 radical (unpaired) electrons. The largest absolute Gasteiger partial charge is 0.497 e. The highest BCUT2D eigenvalue weighted by atomic mass is 16.7. The molecule has 0 saturated carbocycles. The van der Waals surface area contributed by atoms with Gasteiger partial charge >= 0.3 is 0 Å². The standard InChI is InChI=1S/C18H25NO5/c1-5-23-16(24-6-2)11-15-17(12(3)20)18(21)19(15)13-7-9-14(22-4)10-8-13/h7-10,15-17H,5-6,11H2,1-4H3. The molecule has 132 valence electrons. The Bertz CT molecular complexity index is 565. The first-order valence-corrected chi connectivity index (χ1v) is 8.24. The van der Waals surface area contributed by atoms with Crippen LogP contribution in [0.5, 0.6) is 5.75 Å². The van der Waals surface area contributed by atoms with Gasteiger partial charge in [0.15, 0.2) is 6.29 Å². The molecule has 1 aromatic carbocycles. The maximum Gasteiger partial charge on any atom is 0.239 e. The van der Waals surface area contributed by atoms with Crippen LogP contribution in [0, 0.1) is 5.92 Å². The van der Waals surface area contributed by atoms with Gasteiger partial charge in [0.05, 0.1) is 13.2 Å². The van der Waals surface area contributed by atoms with Gasteiger partial charge in [0.1, 0.15) is 17.5 Å². The molecular weight excluding hydrogens is 310 g/mol. The molecule has 6 nitrogen and oxygen atoms in total. The smallest absolute Gasteiger partial charge is 0.239 e. The van der Waals surface area contributed by atoms with Crippen molar-refractivity contribution in [2.75, 3.05) is 25.2 Å². The number of carbonyl (C=O) groups excluding carboxylic acids is 2. The van der Waals surface area contributed by atoms with Gasteiger partial charge in [-0.1, -0.05) is 0 Å². The predicted molar refractivity (Wildman–Crippen MR) is 90.1 cm³/mol. The summed E-state index contributed by atoms with van der Waals surface area (Å²) in [6.07, 6.45) is 0.0321. The fraction of sp³-hybridized carbons (Fsp3) is 0.556. The van der Waals surface area contributed by atoms with Crippen molar-refractivity contribution in [3.05, 3.63) is 24.3 Å². The van der Waals surface area contributed by atoms with E-state index in [1.807, 2.05) is 26.0 Å². The predicted octanol–water partition coefficient (Wildman–Crippen LogP) is 2.40. The number of ether oxygens (including phenoxy) is 3. The van der Waals surface area contributed by atoms with Crippen molar-refractivity contribution in [3.8, 4) is 5.75 Å². The Labute approximate surface area is 142 Å². The minimum atomic E-state index is -0.629. The number of methoxy groups -OCH3 is 1. The molecule has 0 bridgehead atoms. The van der Waals surface area contributed by atoms with Crippen LogP contribution in [0.15, 0.2) is 24.3 Å². The summed E-state index contributed by atoms with van der Waals surface area (Å²) in [6.45, 7) is 6.26. The molecule has 2 rings (SSSR count). The van der Waals surface area contributed by atoms with Gasteiger partial charge in [-0.15, -0.1) is 0 Å². The van der Waals surface area contributed by atoms with Crippen molar-refractivity contribution in [1.82, 2.24) is 0 Å². The molecule has 1 aromatic rings. The zero-order valence-corrected chi connectivity index (χ0v) is 14.7. The molecule has 1 saturated heterocycles. The summed E-state index contributed by atoms with van der Waals surface area (Å²) in [6, 6.07) is 6.96. The second kappa shape index (κ2) is 8.26. The maximum atomic E-state index is 12.5. The number of carbonyl (C=O) groups is 2. The summed E-state index contributed by atoms with van der Waals surface area (Å²) in [4.78, 5) is 26.0. The second-order valence-electron chi connectivity index (χ2n) is 5.64. The average molecular weight is 335 g/mol. The molecule has 0 aliphatic carbocycles.